The van der Waals surface area contributed by atoms with Crippen molar-refractivity contribution in [2.45, 2.75) is 25.8 Å². The van der Waals surface area contributed by atoms with Gasteiger partial charge in [0.05, 0.1) is 5.92 Å². The number of nitrogens with one attached hydrogen (secondary N) is 1. The van der Waals surface area contributed by atoms with E-state index in [0.29, 0.717) is 13.1 Å². The van der Waals surface area contributed by atoms with Gasteiger partial charge in [0.1, 0.15) is 6.04 Å². The summed E-state index contributed by atoms with van der Waals surface area (Å²) in [5, 5.41) is 2.87. The van der Waals surface area contributed by atoms with Crippen LogP contribution in [0.4, 0.5) is 0 Å². The maximum absolute atomic E-state index is 13.1. The van der Waals surface area contributed by atoms with E-state index in [-0.39, 0.29) is 17.7 Å². The minimum absolute atomic E-state index is 0.00699. The maximum atomic E-state index is 13.1. The van der Waals surface area contributed by atoms with Crippen LogP contribution in [-0.4, -0.2) is 29.8 Å². The lowest BCUT2D eigenvalue weighted by atomic mass is 9.99. The molecule has 0 bridgehead atoms. The molecule has 0 saturated carbocycles. The average molecular weight is 407 g/mol. The molecule has 0 unspecified atom stereocenters. The minimum atomic E-state index is -0.592. The van der Waals surface area contributed by atoms with Gasteiger partial charge >= 0.3 is 0 Å². The third-order valence-electron chi connectivity index (χ3n) is 4.25. The van der Waals surface area contributed by atoms with Crippen molar-refractivity contribution in [3.63, 3.8) is 0 Å². The van der Waals surface area contributed by atoms with Crippen molar-refractivity contribution in [2.24, 2.45) is 0 Å². The molecule has 0 radical (unpaired) electrons. The molecule has 2 aromatic rings. The number of amides is 2. The highest BCUT2D eigenvalue weighted by Gasteiger charge is 2.37. The summed E-state index contributed by atoms with van der Waals surface area (Å²) < 4.78 is 0.837. The zero-order chi connectivity index (χ0) is 17.3. The monoisotopic (exact) mass is 406 g/mol. The Balaban J connectivity index is 1.93. The fourth-order valence-corrected chi connectivity index (χ4v) is 4.39. The second kappa shape index (κ2) is 7.07. The molecule has 1 aliphatic heterocycles. The zero-order valence-corrected chi connectivity index (χ0v) is 16.0. The Morgan fingerprint density at radius 3 is 2.75 bits per heavy atom. The molecule has 1 aromatic carbocycles. The molecule has 0 aliphatic carbocycles. The number of carbonyl (C=O) groups is 2. The summed E-state index contributed by atoms with van der Waals surface area (Å²) in [6, 6.07) is 11.0. The lowest BCUT2D eigenvalue weighted by Gasteiger charge is -2.37. The topological polar surface area (TPSA) is 49.4 Å². The highest BCUT2D eigenvalue weighted by atomic mass is 79.9. The van der Waals surface area contributed by atoms with E-state index in [1.165, 1.54) is 4.88 Å². The molecular weight excluding hydrogens is 388 g/mol. The van der Waals surface area contributed by atoms with Crippen LogP contribution in [0, 0.1) is 6.92 Å². The first-order valence-electron chi connectivity index (χ1n) is 7.88. The van der Waals surface area contributed by atoms with Crippen molar-refractivity contribution in [1.29, 1.82) is 0 Å². The number of thiophene rings is 1. The van der Waals surface area contributed by atoms with Gasteiger partial charge in [0, 0.05) is 27.3 Å². The predicted octanol–water partition coefficient (Wildman–Crippen LogP) is 3.62. The lowest BCUT2D eigenvalue weighted by molar-refractivity contribution is -0.144. The largest absolute Gasteiger partial charge is 0.352 e. The molecule has 1 aromatic heterocycles. The van der Waals surface area contributed by atoms with Crippen LogP contribution in [0.15, 0.2) is 40.9 Å². The van der Waals surface area contributed by atoms with E-state index in [2.05, 4.69) is 21.2 Å². The Labute approximate surface area is 154 Å². The van der Waals surface area contributed by atoms with Crippen LogP contribution in [0.3, 0.4) is 0 Å². The quantitative estimate of drug-likeness (QED) is 0.845. The van der Waals surface area contributed by atoms with Gasteiger partial charge in [-0.1, -0.05) is 34.1 Å². The van der Waals surface area contributed by atoms with E-state index in [0.717, 1.165) is 14.9 Å². The summed E-state index contributed by atoms with van der Waals surface area (Å²) in [6.07, 6.45) is 0. The number of carbonyl (C=O) groups excluding carboxylic acids is 2. The predicted molar refractivity (Wildman–Crippen MR) is 99.1 cm³/mol. The maximum Gasteiger partial charge on any atom is 0.247 e. The molecule has 3 rings (SSSR count). The van der Waals surface area contributed by atoms with Gasteiger partial charge in [0.2, 0.25) is 11.8 Å². The first kappa shape index (κ1) is 17.2. The van der Waals surface area contributed by atoms with Crippen LogP contribution < -0.4 is 5.32 Å². The Bertz CT molecular complexity index is 774. The van der Waals surface area contributed by atoms with Crippen molar-refractivity contribution in [2.75, 3.05) is 13.1 Å². The van der Waals surface area contributed by atoms with Crippen molar-refractivity contribution in [3.8, 4) is 0 Å². The molecular formula is C18H19BrN2O2S. The smallest absolute Gasteiger partial charge is 0.247 e. The standard InChI is InChI=1S/C18H19BrN2O2S/c1-11-7-8-15(24-11)12(2)18(23)21-10-9-20-17(22)16(21)13-5-3-4-6-14(13)19/h3-8,12,16H,9-10H2,1-2H3,(H,20,22)/t12-,16-/m0/s1. The van der Waals surface area contributed by atoms with Gasteiger partial charge < -0.3 is 10.2 Å². The van der Waals surface area contributed by atoms with Gasteiger partial charge in [-0.05, 0) is 37.6 Å². The molecule has 2 heterocycles. The van der Waals surface area contributed by atoms with Gasteiger partial charge in [-0.2, -0.15) is 0 Å². The Hall–Kier alpha value is -1.66. The van der Waals surface area contributed by atoms with E-state index < -0.39 is 6.04 Å². The molecule has 6 heteroatoms. The number of halogens is 1. The molecule has 24 heavy (non-hydrogen) atoms. The lowest BCUT2D eigenvalue weighted by Crippen LogP contribution is -2.53. The Morgan fingerprint density at radius 2 is 2.08 bits per heavy atom. The molecule has 126 valence electrons. The van der Waals surface area contributed by atoms with Crippen LogP contribution in [-0.2, 0) is 9.59 Å². The fourth-order valence-electron chi connectivity index (χ4n) is 2.97. The molecule has 2 atom stereocenters. The number of nitrogens with zero attached hydrogens (tertiary/aromatic N) is 1. The van der Waals surface area contributed by atoms with E-state index in [4.69, 9.17) is 0 Å². The summed E-state index contributed by atoms with van der Waals surface area (Å²) >= 11 is 5.14. The van der Waals surface area contributed by atoms with Gasteiger partial charge in [-0.3, -0.25) is 9.59 Å². The highest BCUT2D eigenvalue weighted by Crippen LogP contribution is 2.33. The number of piperazine rings is 1. The van der Waals surface area contributed by atoms with Crippen LogP contribution in [0.1, 0.15) is 34.2 Å². The number of aryl methyl sites for hydroxylation is 1. The molecule has 1 saturated heterocycles. The van der Waals surface area contributed by atoms with Crippen LogP contribution in [0.2, 0.25) is 0 Å². The van der Waals surface area contributed by atoms with Crippen LogP contribution in [0.5, 0.6) is 0 Å². The molecule has 0 spiro atoms. The second-order valence-corrected chi connectivity index (χ2v) is 8.09. The Morgan fingerprint density at radius 1 is 1.33 bits per heavy atom. The Kier molecular flexibility index (Phi) is 5.06. The van der Waals surface area contributed by atoms with Gasteiger partial charge in [0.25, 0.3) is 0 Å². The molecule has 1 N–H and O–H groups in total. The number of hydrogen-bond donors (Lipinski definition) is 1. The zero-order valence-electron chi connectivity index (χ0n) is 13.6. The minimum Gasteiger partial charge on any atom is -0.352 e. The van der Waals surface area contributed by atoms with Gasteiger partial charge in [-0.25, -0.2) is 0 Å². The molecule has 1 fully saturated rings. The third-order valence-corrected chi connectivity index (χ3v) is 6.16. The summed E-state index contributed by atoms with van der Waals surface area (Å²) in [5.41, 5.74) is 0.817. The van der Waals surface area contributed by atoms with Crippen LogP contribution in [0.25, 0.3) is 0 Å². The molecule has 1 aliphatic rings. The van der Waals surface area contributed by atoms with E-state index >= 15 is 0 Å². The van der Waals surface area contributed by atoms with Crippen molar-refractivity contribution < 1.29 is 9.59 Å². The first-order chi connectivity index (χ1) is 11.5. The molecule has 2 amide bonds. The first-order valence-corrected chi connectivity index (χ1v) is 9.49. The average Bonchev–Trinajstić information content (AvgIpc) is 3.00. The number of hydrogen-bond acceptors (Lipinski definition) is 3. The van der Waals surface area contributed by atoms with Gasteiger partial charge in [0.15, 0.2) is 0 Å². The van der Waals surface area contributed by atoms with Crippen molar-refractivity contribution >= 4 is 39.1 Å². The van der Waals surface area contributed by atoms with Gasteiger partial charge in [-0.15, -0.1) is 11.3 Å². The summed E-state index contributed by atoms with van der Waals surface area (Å²) in [6.45, 7) is 4.95. The summed E-state index contributed by atoms with van der Waals surface area (Å²) in [7, 11) is 0. The highest BCUT2D eigenvalue weighted by molar-refractivity contribution is 9.10. The van der Waals surface area contributed by atoms with E-state index in [1.54, 1.807) is 16.2 Å². The second-order valence-electron chi connectivity index (χ2n) is 5.92. The summed E-state index contributed by atoms with van der Waals surface area (Å²) in [5.74, 6) is -0.386. The van der Waals surface area contributed by atoms with Crippen LogP contribution >= 0.6 is 27.3 Å². The third kappa shape index (κ3) is 3.26. The van der Waals surface area contributed by atoms with E-state index in [1.807, 2.05) is 50.2 Å². The van der Waals surface area contributed by atoms with Crippen molar-refractivity contribution in [3.05, 3.63) is 56.2 Å². The number of rotatable bonds is 3. The van der Waals surface area contributed by atoms with E-state index in [9.17, 15) is 9.59 Å². The normalized spacial score (nSPS) is 19.0. The fraction of sp³-hybridized carbons (Fsp3) is 0.333. The van der Waals surface area contributed by atoms with Crippen molar-refractivity contribution in [1.82, 2.24) is 10.2 Å². The SMILES string of the molecule is Cc1ccc([C@H](C)C(=O)N2CCNC(=O)[C@@H]2c2ccccc2Br)s1. The summed E-state index contributed by atoms with van der Waals surface area (Å²) in [4.78, 5) is 29.5. The molecule has 4 nitrogen and oxygen atoms in total. The number of benzene rings is 1.